The van der Waals surface area contributed by atoms with Gasteiger partial charge in [0.05, 0.1) is 5.69 Å². The second-order valence-electron chi connectivity index (χ2n) is 8.90. The summed E-state index contributed by atoms with van der Waals surface area (Å²) in [5.74, 6) is 1.08. The van der Waals surface area contributed by atoms with Gasteiger partial charge in [-0.1, -0.05) is 25.0 Å². The van der Waals surface area contributed by atoms with Crippen molar-refractivity contribution in [2.24, 2.45) is 0 Å². The second-order valence-corrected chi connectivity index (χ2v) is 8.90. The van der Waals surface area contributed by atoms with Gasteiger partial charge in [0.2, 0.25) is 6.10 Å². The zero-order valence-corrected chi connectivity index (χ0v) is 18.7. The lowest BCUT2D eigenvalue weighted by Crippen LogP contribution is -2.44. The number of carbonyl (C=O) groups excluding carboxylic acids is 1. The molecule has 3 atom stereocenters. The number of amides is 1. The highest BCUT2D eigenvalue weighted by atomic mass is 16.5. The summed E-state index contributed by atoms with van der Waals surface area (Å²) in [6, 6.07) is 12.7. The first-order valence-electron chi connectivity index (χ1n) is 11.6. The quantitative estimate of drug-likeness (QED) is 0.662. The Hall–Kier alpha value is -2.60. The van der Waals surface area contributed by atoms with Crippen molar-refractivity contribution in [1.82, 2.24) is 9.88 Å². The minimum Gasteiger partial charge on any atom is -0.474 e. The van der Waals surface area contributed by atoms with Crippen LogP contribution in [0.1, 0.15) is 64.0 Å². The molecule has 0 saturated carbocycles. The summed E-state index contributed by atoms with van der Waals surface area (Å²) < 4.78 is 6.06. The Kier molecular flexibility index (Phi) is 6.76. The number of pyridine rings is 1. The van der Waals surface area contributed by atoms with Gasteiger partial charge < -0.3 is 15.4 Å². The molecule has 4 rings (SSSR count). The normalized spacial score (nSPS) is 24.0. The predicted octanol–water partition coefficient (Wildman–Crippen LogP) is 4.56. The topological polar surface area (TPSA) is 71.7 Å². The molecule has 0 spiro atoms. The van der Waals surface area contributed by atoms with Gasteiger partial charge in [0, 0.05) is 30.4 Å². The molecule has 1 aromatic heterocycles. The fraction of sp³-hybridized carbons (Fsp3) is 0.520. The number of nitrogens with two attached hydrogens (primary N) is 1. The van der Waals surface area contributed by atoms with Crippen LogP contribution in [0, 0.1) is 0 Å². The molecule has 0 aliphatic carbocycles. The predicted molar refractivity (Wildman–Crippen MR) is 124 cm³/mol. The third-order valence-corrected chi connectivity index (χ3v) is 6.67. The van der Waals surface area contributed by atoms with Crippen LogP contribution in [0.15, 0.2) is 42.6 Å². The summed E-state index contributed by atoms with van der Waals surface area (Å²) in [6.07, 6.45) is 8.15. The molecule has 0 radical (unpaired) electrons. The van der Waals surface area contributed by atoms with Crippen LogP contribution in [-0.2, 0) is 4.79 Å². The lowest BCUT2D eigenvalue weighted by Gasteiger charge is -2.39. The van der Waals surface area contributed by atoms with Gasteiger partial charge in [-0.15, -0.1) is 0 Å². The van der Waals surface area contributed by atoms with E-state index in [0.29, 0.717) is 24.4 Å². The average molecular weight is 423 g/mol. The van der Waals surface area contributed by atoms with E-state index in [1.807, 2.05) is 29.2 Å². The summed E-state index contributed by atoms with van der Waals surface area (Å²) in [5, 5.41) is 0. The standard InChI is InChI=1S/C25H34N4O2/c1-18-9-8-10-19(2)28(18)15-6-3-7-16-29-21-11-4-5-12-22(21)31-24(25(29)30)20-13-14-27-23(26)17-20/h4-5,11-14,17-19,24H,3,6-10,15-16H2,1-2H3,(H2,26,27)/t18-,19+,24?. The summed E-state index contributed by atoms with van der Waals surface area (Å²) in [7, 11) is 0. The van der Waals surface area contributed by atoms with E-state index in [0.717, 1.165) is 36.4 Å². The first kappa shape index (κ1) is 21.6. The fourth-order valence-corrected chi connectivity index (χ4v) is 4.94. The molecule has 31 heavy (non-hydrogen) atoms. The number of likely N-dealkylation sites (tertiary alicyclic amines) is 1. The fourth-order valence-electron chi connectivity index (χ4n) is 4.94. The number of piperidine rings is 1. The molecular weight excluding hydrogens is 388 g/mol. The number of hydrogen-bond acceptors (Lipinski definition) is 5. The number of nitrogens with zero attached hydrogens (tertiary/aromatic N) is 3. The van der Waals surface area contributed by atoms with Crippen molar-refractivity contribution in [2.45, 2.75) is 70.6 Å². The summed E-state index contributed by atoms with van der Waals surface area (Å²) in [6.45, 7) is 6.55. The van der Waals surface area contributed by atoms with Crippen LogP contribution in [0.2, 0.25) is 0 Å². The van der Waals surface area contributed by atoms with Gasteiger partial charge >= 0.3 is 0 Å². The third kappa shape index (κ3) is 4.85. The number of benzene rings is 1. The zero-order valence-electron chi connectivity index (χ0n) is 18.7. The van der Waals surface area contributed by atoms with Gasteiger partial charge in [-0.25, -0.2) is 4.98 Å². The summed E-state index contributed by atoms with van der Waals surface area (Å²) in [5.41, 5.74) is 7.43. The van der Waals surface area contributed by atoms with Crippen molar-refractivity contribution in [3.05, 3.63) is 48.2 Å². The molecule has 6 nitrogen and oxygen atoms in total. The van der Waals surface area contributed by atoms with Gasteiger partial charge in [0.25, 0.3) is 5.91 Å². The molecule has 1 saturated heterocycles. The van der Waals surface area contributed by atoms with Gasteiger partial charge in [-0.2, -0.15) is 0 Å². The molecule has 2 aliphatic rings. The largest absolute Gasteiger partial charge is 0.474 e. The summed E-state index contributed by atoms with van der Waals surface area (Å²) in [4.78, 5) is 21.9. The van der Waals surface area contributed by atoms with Crippen LogP contribution >= 0.6 is 0 Å². The number of rotatable bonds is 7. The molecule has 1 fully saturated rings. The van der Waals surface area contributed by atoms with Crippen molar-refractivity contribution in [1.29, 1.82) is 0 Å². The van der Waals surface area contributed by atoms with Gasteiger partial charge in [-0.3, -0.25) is 9.69 Å². The number of para-hydroxylation sites is 2. The maximum atomic E-state index is 13.3. The first-order valence-corrected chi connectivity index (χ1v) is 11.6. The van der Waals surface area contributed by atoms with E-state index in [-0.39, 0.29) is 5.91 Å². The van der Waals surface area contributed by atoms with Crippen molar-refractivity contribution in [2.75, 3.05) is 23.7 Å². The summed E-state index contributed by atoms with van der Waals surface area (Å²) >= 11 is 0. The van der Waals surface area contributed by atoms with Crippen molar-refractivity contribution in [3.63, 3.8) is 0 Å². The molecule has 1 unspecified atom stereocenters. The molecule has 1 amide bonds. The Balaban J connectivity index is 1.39. The first-order chi connectivity index (χ1) is 15.0. The number of fused-ring (bicyclic) bond motifs is 1. The van der Waals surface area contributed by atoms with Crippen LogP contribution in [-0.4, -0.2) is 41.0 Å². The lowest BCUT2D eigenvalue weighted by molar-refractivity contribution is -0.126. The zero-order chi connectivity index (χ0) is 21.8. The minimum atomic E-state index is -0.685. The van der Waals surface area contributed by atoms with E-state index in [9.17, 15) is 4.79 Å². The average Bonchev–Trinajstić information content (AvgIpc) is 2.76. The lowest BCUT2D eigenvalue weighted by atomic mass is 9.97. The molecule has 3 heterocycles. The monoisotopic (exact) mass is 422 g/mol. The van der Waals surface area contributed by atoms with E-state index >= 15 is 0 Å². The Morgan fingerprint density at radius 1 is 1.06 bits per heavy atom. The number of nitrogen functional groups attached to an aromatic ring is 1. The highest BCUT2D eigenvalue weighted by molar-refractivity contribution is 6.00. The number of hydrogen-bond donors (Lipinski definition) is 1. The van der Waals surface area contributed by atoms with Crippen LogP contribution in [0.5, 0.6) is 5.75 Å². The number of anilines is 2. The molecule has 2 N–H and O–H groups in total. The molecule has 0 bridgehead atoms. The van der Waals surface area contributed by atoms with E-state index in [2.05, 4.69) is 23.7 Å². The van der Waals surface area contributed by atoms with E-state index in [4.69, 9.17) is 10.5 Å². The maximum absolute atomic E-state index is 13.3. The molecule has 2 aromatic rings. The molecular formula is C25H34N4O2. The Bertz CT molecular complexity index is 893. The van der Waals surface area contributed by atoms with Crippen LogP contribution < -0.4 is 15.4 Å². The van der Waals surface area contributed by atoms with Crippen molar-refractivity contribution in [3.8, 4) is 5.75 Å². The van der Waals surface area contributed by atoms with Crippen LogP contribution in [0.25, 0.3) is 0 Å². The molecule has 2 aliphatic heterocycles. The van der Waals surface area contributed by atoms with Crippen molar-refractivity contribution >= 4 is 17.4 Å². The Morgan fingerprint density at radius 2 is 1.81 bits per heavy atom. The van der Waals surface area contributed by atoms with Gasteiger partial charge in [-0.05, 0) is 70.3 Å². The van der Waals surface area contributed by atoms with Crippen molar-refractivity contribution < 1.29 is 9.53 Å². The highest BCUT2D eigenvalue weighted by Crippen LogP contribution is 2.39. The van der Waals surface area contributed by atoms with Gasteiger partial charge in [0.1, 0.15) is 11.6 Å². The Morgan fingerprint density at radius 3 is 2.58 bits per heavy atom. The number of carbonyl (C=O) groups is 1. The van der Waals surface area contributed by atoms with E-state index in [1.165, 1.54) is 25.7 Å². The number of aromatic nitrogens is 1. The van der Waals surface area contributed by atoms with Gasteiger partial charge in [0.15, 0.2) is 0 Å². The highest BCUT2D eigenvalue weighted by Gasteiger charge is 2.35. The van der Waals surface area contributed by atoms with E-state index in [1.54, 1.807) is 18.3 Å². The smallest absolute Gasteiger partial charge is 0.272 e. The minimum absolute atomic E-state index is 0.0393. The van der Waals surface area contributed by atoms with Crippen LogP contribution in [0.3, 0.4) is 0 Å². The SMILES string of the molecule is C[C@@H]1CCC[C@H](C)N1CCCCCN1C(=O)C(c2ccnc(N)c2)Oc2ccccc21. The van der Waals surface area contributed by atoms with E-state index < -0.39 is 6.10 Å². The Labute approximate surface area is 185 Å². The molecule has 166 valence electrons. The van der Waals surface area contributed by atoms with Crippen LogP contribution in [0.4, 0.5) is 11.5 Å². The third-order valence-electron chi connectivity index (χ3n) is 6.67. The number of ether oxygens (including phenoxy) is 1. The molecule has 1 aromatic carbocycles. The number of unbranched alkanes of at least 4 members (excludes halogenated alkanes) is 2. The second kappa shape index (κ2) is 9.69. The molecule has 6 heteroatoms. The maximum Gasteiger partial charge on any atom is 0.272 e.